The van der Waals surface area contributed by atoms with Crippen LogP contribution in [0.15, 0.2) is 22.4 Å². The highest BCUT2D eigenvalue weighted by atomic mass is 35.5. The number of rotatable bonds is 0. The van der Waals surface area contributed by atoms with Gasteiger partial charge in [0.05, 0.1) is 0 Å². The molecule has 1 saturated heterocycles. The normalized spacial score (nSPS) is 33.8. The molecule has 2 atom stereocenters. The van der Waals surface area contributed by atoms with E-state index in [0.29, 0.717) is 5.92 Å². The fraction of sp³-hybridized carbons (Fsp3) is 0.500. The monoisotopic (exact) mass is 190 g/mol. The third-order valence-electron chi connectivity index (χ3n) is 2.12. The van der Waals surface area contributed by atoms with Gasteiger partial charge in [0.2, 0.25) is 0 Å². The van der Waals surface area contributed by atoms with Crippen molar-refractivity contribution in [3.63, 3.8) is 0 Å². The first-order chi connectivity index (χ1) is 5.27. The molecule has 1 nitrogen and oxygen atoms in total. The molecule has 2 heterocycles. The van der Waals surface area contributed by atoms with Gasteiger partial charge in [-0.05, 0) is 18.9 Å². The Labute approximate surface area is 75.6 Å². The largest absolute Gasteiger partial charge is 0.488 e. The minimum Gasteiger partial charge on any atom is -0.488 e. The van der Waals surface area contributed by atoms with Gasteiger partial charge in [-0.25, -0.2) is 0 Å². The lowest BCUT2D eigenvalue weighted by Gasteiger charge is -2.33. The van der Waals surface area contributed by atoms with Crippen LogP contribution >= 0.6 is 23.2 Å². The van der Waals surface area contributed by atoms with Gasteiger partial charge < -0.3 is 4.74 Å². The summed E-state index contributed by atoms with van der Waals surface area (Å²) in [5, 5.41) is 0. The molecule has 2 unspecified atom stereocenters. The molecule has 3 aliphatic rings. The Morgan fingerprint density at radius 3 is 2.45 bits per heavy atom. The standard InChI is InChI=1S/C8H8Cl2O/c9-8(10)7-5-1-3-6(11-7)4-2-5/h1,3,5-6H,2,4H2. The molecule has 0 aromatic rings. The highest BCUT2D eigenvalue weighted by Gasteiger charge is 2.30. The van der Waals surface area contributed by atoms with Crippen LogP contribution in [0.25, 0.3) is 0 Å². The molecule has 0 radical (unpaired) electrons. The lowest BCUT2D eigenvalue weighted by molar-refractivity contribution is 0.0761. The van der Waals surface area contributed by atoms with E-state index >= 15 is 0 Å². The molecule has 0 N–H and O–H groups in total. The summed E-state index contributed by atoms with van der Waals surface area (Å²) in [6.07, 6.45) is 6.61. The number of fused-ring (bicyclic) bond motifs is 2. The molecule has 0 spiro atoms. The molecule has 0 amide bonds. The van der Waals surface area contributed by atoms with Crippen molar-refractivity contribution in [1.82, 2.24) is 0 Å². The van der Waals surface area contributed by atoms with Gasteiger partial charge in [-0.15, -0.1) is 0 Å². The first-order valence-corrected chi connectivity index (χ1v) is 4.43. The maximum absolute atomic E-state index is 5.64. The summed E-state index contributed by atoms with van der Waals surface area (Å²) in [5.74, 6) is 1.08. The Balaban J connectivity index is 2.31. The number of ether oxygens (including phenoxy) is 1. The van der Waals surface area contributed by atoms with Crippen molar-refractivity contribution < 1.29 is 4.74 Å². The highest BCUT2D eigenvalue weighted by Crippen LogP contribution is 2.38. The third kappa shape index (κ3) is 1.27. The van der Waals surface area contributed by atoms with Crippen LogP contribution in [-0.4, -0.2) is 6.10 Å². The zero-order valence-electron chi connectivity index (χ0n) is 5.89. The molecule has 0 saturated carbocycles. The molecule has 3 heteroatoms. The first-order valence-electron chi connectivity index (χ1n) is 3.67. The van der Waals surface area contributed by atoms with E-state index in [4.69, 9.17) is 27.9 Å². The fourth-order valence-corrected chi connectivity index (χ4v) is 1.92. The molecule has 2 aliphatic heterocycles. The van der Waals surface area contributed by atoms with E-state index in [9.17, 15) is 0 Å². The van der Waals surface area contributed by atoms with Gasteiger partial charge in [0, 0.05) is 5.92 Å². The average molecular weight is 191 g/mol. The minimum atomic E-state index is 0.211. The van der Waals surface area contributed by atoms with Gasteiger partial charge in [0.15, 0.2) is 0 Å². The van der Waals surface area contributed by atoms with Crippen molar-refractivity contribution in [3.8, 4) is 0 Å². The third-order valence-corrected chi connectivity index (χ3v) is 2.49. The van der Waals surface area contributed by atoms with E-state index in [1.807, 2.05) is 0 Å². The Hall–Kier alpha value is -0.140. The zero-order chi connectivity index (χ0) is 7.84. The van der Waals surface area contributed by atoms with Gasteiger partial charge in [-0.3, -0.25) is 0 Å². The highest BCUT2D eigenvalue weighted by molar-refractivity contribution is 6.56. The molecule has 11 heavy (non-hydrogen) atoms. The van der Waals surface area contributed by atoms with Crippen molar-refractivity contribution in [1.29, 1.82) is 0 Å². The van der Waals surface area contributed by atoms with Crippen LogP contribution in [0.1, 0.15) is 12.8 Å². The van der Waals surface area contributed by atoms with Gasteiger partial charge in [-0.2, -0.15) is 0 Å². The van der Waals surface area contributed by atoms with Gasteiger partial charge in [0.25, 0.3) is 0 Å². The fourth-order valence-electron chi connectivity index (χ4n) is 1.55. The number of allylic oxidation sites excluding steroid dienone is 1. The van der Waals surface area contributed by atoms with Crippen molar-refractivity contribution in [3.05, 3.63) is 22.4 Å². The van der Waals surface area contributed by atoms with Crippen LogP contribution in [0, 0.1) is 5.92 Å². The second-order valence-corrected chi connectivity index (χ2v) is 3.80. The summed E-state index contributed by atoms with van der Waals surface area (Å²) in [7, 11) is 0. The van der Waals surface area contributed by atoms with Gasteiger partial charge in [-0.1, -0.05) is 29.3 Å². The van der Waals surface area contributed by atoms with Crippen LogP contribution in [0.2, 0.25) is 0 Å². The predicted molar refractivity (Wildman–Crippen MR) is 45.5 cm³/mol. The summed E-state index contributed by atoms with van der Waals surface area (Å²) in [6.45, 7) is 0. The van der Waals surface area contributed by atoms with E-state index in [1.165, 1.54) is 0 Å². The van der Waals surface area contributed by atoms with Crippen LogP contribution in [-0.2, 0) is 4.74 Å². The summed E-state index contributed by atoms with van der Waals surface area (Å²) < 4.78 is 5.76. The van der Waals surface area contributed by atoms with Crippen molar-refractivity contribution >= 4 is 23.2 Å². The topological polar surface area (TPSA) is 9.23 Å². The Morgan fingerprint density at radius 2 is 2.18 bits per heavy atom. The quantitative estimate of drug-likeness (QED) is 0.534. The summed E-state index contributed by atoms with van der Waals surface area (Å²) in [4.78, 5) is 0. The Morgan fingerprint density at radius 1 is 1.36 bits per heavy atom. The van der Waals surface area contributed by atoms with E-state index in [0.717, 1.165) is 18.6 Å². The maximum atomic E-state index is 5.64. The molecule has 3 rings (SSSR count). The van der Waals surface area contributed by atoms with Crippen LogP contribution in [0.3, 0.4) is 0 Å². The molecule has 0 aromatic carbocycles. The van der Waals surface area contributed by atoms with Crippen molar-refractivity contribution in [2.24, 2.45) is 5.92 Å². The number of halogens is 2. The molecule has 1 aliphatic carbocycles. The summed E-state index contributed by atoms with van der Waals surface area (Å²) >= 11 is 11.3. The molecule has 60 valence electrons. The van der Waals surface area contributed by atoms with Gasteiger partial charge in [0.1, 0.15) is 16.4 Å². The van der Waals surface area contributed by atoms with Crippen LogP contribution < -0.4 is 0 Å². The maximum Gasteiger partial charge on any atom is 0.145 e. The summed E-state index contributed by atoms with van der Waals surface area (Å²) in [6, 6.07) is 0. The first kappa shape index (κ1) is 7.51. The molecule has 2 bridgehead atoms. The number of hydrogen-bond acceptors (Lipinski definition) is 1. The van der Waals surface area contributed by atoms with E-state index in [2.05, 4.69) is 12.2 Å². The van der Waals surface area contributed by atoms with E-state index in [1.54, 1.807) is 0 Å². The molecule has 1 fully saturated rings. The smallest absolute Gasteiger partial charge is 0.145 e. The SMILES string of the molecule is ClC(Cl)=C1OC2C=CC1CC2. The van der Waals surface area contributed by atoms with Crippen LogP contribution in [0.5, 0.6) is 0 Å². The molecular formula is C8H8Cl2O. The van der Waals surface area contributed by atoms with E-state index < -0.39 is 0 Å². The predicted octanol–water partition coefficient (Wildman–Crippen LogP) is 3.00. The molecule has 0 aromatic heterocycles. The van der Waals surface area contributed by atoms with Crippen molar-refractivity contribution in [2.75, 3.05) is 0 Å². The second kappa shape index (κ2) is 2.72. The molecular weight excluding hydrogens is 183 g/mol. The van der Waals surface area contributed by atoms with E-state index in [-0.39, 0.29) is 10.6 Å². The zero-order valence-corrected chi connectivity index (χ0v) is 7.40. The minimum absolute atomic E-state index is 0.211. The average Bonchev–Trinajstić information content (AvgIpc) is 2.06. The lowest BCUT2D eigenvalue weighted by atomic mass is 9.89. The van der Waals surface area contributed by atoms with Crippen molar-refractivity contribution in [2.45, 2.75) is 18.9 Å². The Kier molecular flexibility index (Phi) is 1.86. The van der Waals surface area contributed by atoms with Gasteiger partial charge >= 0.3 is 0 Å². The Bertz CT molecular complexity index is 228. The second-order valence-electron chi connectivity index (χ2n) is 2.85. The van der Waals surface area contributed by atoms with Crippen LogP contribution in [0.4, 0.5) is 0 Å². The number of hydrogen-bond donors (Lipinski definition) is 0. The lowest BCUT2D eigenvalue weighted by Crippen LogP contribution is -2.26. The summed E-state index contributed by atoms with van der Waals surface area (Å²) in [5.41, 5.74) is 0.